The van der Waals surface area contributed by atoms with Crippen molar-refractivity contribution in [3.63, 3.8) is 0 Å². The number of carbonyl (C=O) groups is 3. The zero-order valence-electron chi connectivity index (χ0n) is 30.6. The number of alkyl halides is 3. The highest BCUT2D eigenvalue weighted by atomic mass is 19.4. The van der Waals surface area contributed by atoms with Gasteiger partial charge >= 0.3 is 18.1 Å². The minimum absolute atomic E-state index is 0.0881. The number of methoxy groups -OCH3 is 1. The van der Waals surface area contributed by atoms with Gasteiger partial charge in [0.2, 0.25) is 0 Å². The molecular weight excluding hydrogens is 713 g/mol. The number of aromatic nitrogens is 3. The van der Waals surface area contributed by atoms with Crippen LogP contribution in [-0.2, 0) is 17.3 Å². The summed E-state index contributed by atoms with van der Waals surface area (Å²) in [6.07, 6.45) is -0.347. The lowest BCUT2D eigenvalue weighted by Crippen LogP contribution is -2.40. The minimum atomic E-state index is -4.60. The molecule has 11 nitrogen and oxygen atoms in total. The lowest BCUT2D eigenvalue weighted by atomic mass is 9.88. The van der Waals surface area contributed by atoms with Crippen LogP contribution in [0.3, 0.4) is 0 Å². The molecule has 3 aliphatic rings. The fraction of sp³-hybridized carbons (Fsp3) is 0.366. The van der Waals surface area contributed by atoms with Crippen LogP contribution in [0.4, 0.5) is 13.2 Å². The molecule has 0 bridgehead atoms. The first kappa shape index (κ1) is 38.7. The summed E-state index contributed by atoms with van der Waals surface area (Å²) in [6.45, 7) is 4.34. The molecule has 55 heavy (non-hydrogen) atoms. The Morgan fingerprint density at radius 1 is 0.855 bits per heavy atom. The van der Waals surface area contributed by atoms with Crippen molar-refractivity contribution in [1.82, 2.24) is 24.7 Å². The number of aryl methyl sites for hydroxylation is 2. The van der Waals surface area contributed by atoms with E-state index in [0.29, 0.717) is 54.4 Å². The number of amides is 1. The SMILES string of the molecule is COC(=O)c1ccccc1.Cc1cc(C(=O)N2CCC(C#Cc3ccc(C4CCN(C5=Nn6c(nnc6C(F)(F)F)CC5)CC4)cc3)CC2)ccc1C(=O)O. The summed E-state index contributed by atoms with van der Waals surface area (Å²) in [7, 11) is 1.37. The number of fused-ring (bicyclic) bond motifs is 1. The van der Waals surface area contributed by atoms with Gasteiger partial charge in [0.25, 0.3) is 11.7 Å². The number of carboxylic acid groups (broad SMARTS) is 1. The fourth-order valence-electron chi connectivity index (χ4n) is 6.99. The van der Waals surface area contributed by atoms with E-state index in [2.05, 4.69) is 48.9 Å². The quantitative estimate of drug-likeness (QED) is 0.181. The monoisotopic (exact) mass is 754 g/mol. The maximum absolute atomic E-state index is 13.3. The van der Waals surface area contributed by atoms with Crippen molar-refractivity contribution < 1.29 is 37.4 Å². The van der Waals surface area contributed by atoms with Crippen molar-refractivity contribution in [2.24, 2.45) is 11.0 Å². The molecule has 14 heteroatoms. The van der Waals surface area contributed by atoms with E-state index >= 15 is 0 Å². The third-order valence-electron chi connectivity index (χ3n) is 10.1. The molecule has 286 valence electrons. The van der Waals surface area contributed by atoms with Gasteiger partial charge < -0.3 is 19.6 Å². The number of halogens is 3. The Balaban J connectivity index is 0.000000448. The largest absolute Gasteiger partial charge is 0.478 e. The van der Waals surface area contributed by atoms with Gasteiger partial charge in [0.05, 0.1) is 18.2 Å². The van der Waals surface area contributed by atoms with Crippen LogP contribution >= 0.6 is 0 Å². The van der Waals surface area contributed by atoms with Gasteiger partial charge in [-0.3, -0.25) is 4.79 Å². The fourth-order valence-corrected chi connectivity index (χ4v) is 6.99. The second-order valence-corrected chi connectivity index (χ2v) is 13.7. The number of likely N-dealkylation sites (tertiary alicyclic amines) is 2. The predicted molar refractivity (Wildman–Crippen MR) is 198 cm³/mol. The van der Waals surface area contributed by atoms with Gasteiger partial charge in [0.1, 0.15) is 5.84 Å². The van der Waals surface area contributed by atoms with Crippen LogP contribution in [0.15, 0.2) is 77.9 Å². The van der Waals surface area contributed by atoms with Gasteiger partial charge in [-0.2, -0.15) is 22.9 Å². The van der Waals surface area contributed by atoms with Crippen LogP contribution in [0.2, 0.25) is 0 Å². The molecule has 0 radical (unpaired) electrons. The van der Waals surface area contributed by atoms with Crippen molar-refractivity contribution in [3.05, 3.63) is 118 Å². The normalized spacial score (nSPS) is 16.1. The molecule has 0 spiro atoms. The number of piperidine rings is 2. The molecule has 0 aliphatic carbocycles. The topological polar surface area (TPSA) is 130 Å². The van der Waals surface area contributed by atoms with E-state index in [1.54, 1.807) is 48.2 Å². The summed E-state index contributed by atoms with van der Waals surface area (Å²) in [5.41, 5.74) is 4.02. The number of ether oxygens (including phenoxy) is 1. The number of rotatable bonds is 4. The molecule has 0 atom stereocenters. The van der Waals surface area contributed by atoms with Crippen LogP contribution in [0, 0.1) is 24.7 Å². The molecule has 0 saturated carbocycles. The standard InChI is InChI=1S/C33H33F3N6O3.C8H8O2/c1-21-20-26(8-9-27(21)31(44)45)30(43)41-16-12-23(13-17-41)3-2-22-4-6-24(7-5-22)25-14-18-40(19-15-25)29-11-10-28-37-38-32(33(34,35)36)42(28)39-29;1-10-8(9)7-5-3-2-4-6-7/h4-9,20,23,25H,10-19H2,1H3,(H,44,45);2-6H,1H3. The molecule has 7 rings (SSSR count). The molecule has 3 aromatic carbocycles. The van der Waals surface area contributed by atoms with Crippen LogP contribution in [0.25, 0.3) is 0 Å². The third kappa shape index (κ3) is 9.40. The molecule has 3 aliphatic heterocycles. The minimum Gasteiger partial charge on any atom is -0.478 e. The van der Waals surface area contributed by atoms with E-state index in [4.69, 9.17) is 0 Å². The predicted octanol–water partition coefficient (Wildman–Crippen LogP) is 6.67. The van der Waals surface area contributed by atoms with Crippen molar-refractivity contribution in [2.75, 3.05) is 33.3 Å². The Morgan fingerprint density at radius 2 is 1.55 bits per heavy atom. The first-order chi connectivity index (χ1) is 26.4. The highest BCUT2D eigenvalue weighted by Crippen LogP contribution is 2.32. The number of benzene rings is 3. The summed E-state index contributed by atoms with van der Waals surface area (Å²) in [4.78, 5) is 38.9. The lowest BCUT2D eigenvalue weighted by Gasteiger charge is -2.35. The average molecular weight is 755 g/mol. The van der Waals surface area contributed by atoms with E-state index in [1.807, 2.05) is 18.2 Å². The number of amidine groups is 1. The molecule has 1 aromatic heterocycles. The zero-order valence-corrected chi connectivity index (χ0v) is 30.6. The van der Waals surface area contributed by atoms with Crippen molar-refractivity contribution in [2.45, 2.75) is 57.5 Å². The van der Waals surface area contributed by atoms with Crippen LogP contribution < -0.4 is 0 Å². The maximum atomic E-state index is 13.3. The van der Waals surface area contributed by atoms with Gasteiger partial charge in [-0.15, -0.1) is 10.2 Å². The summed E-state index contributed by atoms with van der Waals surface area (Å²) in [5, 5.41) is 20.5. The smallest absolute Gasteiger partial charge is 0.453 e. The van der Waals surface area contributed by atoms with Crippen molar-refractivity contribution in [3.8, 4) is 11.8 Å². The number of hydrogen-bond acceptors (Lipinski definition) is 8. The highest BCUT2D eigenvalue weighted by Gasteiger charge is 2.40. The van der Waals surface area contributed by atoms with E-state index in [1.165, 1.54) is 18.7 Å². The second-order valence-electron chi connectivity index (χ2n) is 13.7. The number of hydrogen-bond donors (Lipinski definition) is 1. The number of esters is 1. The Labute approximate surface area is 316 Å². The maximum Gasteiger partial charge on any atom is 0.453 e. The van der Waals surface area contributed by atoms with Crippen molar-refractivity contribution in [1.29, 1.82) is 0 Å². The second kappa shape index (κ2) is 17.0. The lowest BCUT2D eigenvalue weighted by molar-refractivity contribution is -0.147. The summed E-state index contributed by atoms with van der Waals surface area (Å²) in [6, 6.07) is 21.9. The number of nitrogens with zero attached hydrogens (tertiary/aromatic N) is 6. The molecule has 4 heterocycles. The molecule has 2 fully saturated rings. The summed E-state index contributed by atoms with van der Waals surface area (Å²) < 4.78 is 45.2. The summed E-state index contributed by atoms with van der Waals surface area (Å²) >= 11 is 0. The number of carbonyl (C=O) groups excluding carboxylic acids is 2. The number of carboxylic acids is 1. The first-order valence-corrected chi connectivity index (χ1v) is 18.1. The number of aromatic carboxylic acids is 1. The molecule has 1 N–H and O–H groups in total. The van der Waals surface area contributed by atoms with Crippen LogP contribution in [0.1, 0.15) is 97.4 Å². The zero-order chi connectivity index (χ0) is 39.1. The van der Waals surface area contributed by atoms with E-state index in [0.717, 1.165) is 49.0 Å². The Hall–Kier alpha value is -5.97. The van der Waals surface area contributed by atoms with Crippen LogP contribution in [0.5, 0.6) is 0 Å². The molecule has 1 amide bonds. The molecular formula is C41H41F3N6O5. The van der Waals surface area contributed by atoms with Gasteiger partial charge in [0, 0.05) is 56.1 Å². The van der Waals surface area contributed by atoms with Crippen LogP contribution in [-0.4, -0.2) is 86.8 Å². The molecule has 0 unspecified atom stereocenters. The molecule has 4 aromatic rings. The van der Waals surface area contributed by atoms with Gasteiger partial charge in [-0.05, 0) is 92.1 Å². The van der Waals surface area contributed by atoms with E-state index in [-0.39, 0.29) is 29.2 Å². The van der Waals surface area contributed by atoms with E-state index in [9.17, 15) is 32.7 Å². The summed E-state index contributed by atoms with van der Waals surface area (Å²) in [5.74, 6) is 5.64. The van der Waals surface area contributed by atoms with Gasteiger partial charge in [-0.1, -0.05) is 42.2 Å². The average Bonchev–Trinajstić information content (AvgIpc) is 3.65. The Kier molecular flexibility index (Phi) is 12.0. The van der Waals surface area contributed by atoms with Gasteiger partial charge in [-0.25, -0.2) is 9.59 Å². The first-order valence-electron chi connectivity index (χ1n) is 18.1. The molecule has 2 saturated heterocycles. The highest BCUT2D eigenvalue weighted by molar-refractivity contribution is 5.97. The Bertz CT molecular complexity index is 2110. The Morgan fingerprint density at radius 3 is 2.16 bits per heavy atom. The van der Waals surface area contributed by atoms with Crippen molar-refractivity contribution >= 4 is 23.7 Å². The van der Waals surface area contributed by atoms with E-state index < -0.39 is 18.0 Å². The third-order valence-corrected chi connectivity index (χ3v) is 10.1. The van der Waals surface area contributed by atoms with Gasteiger partial charge in [0.15, 0.2) is 5.82 Å².